The molecule has 3 N–H and O–H groups in total. The second-order valence-electron chi connectivity index (χ2n) is 3.78. The summed E-state index contributed by atoms with van der Waals surface area (Å²) in [6, 6.07) is 5.92. The molecule has 0 aliphatic carbocycles. The summed E-state index contributed by atoms with van der Waals surface area (Å²) in [4.78, 5) is 11.3. The van der Waals surface area contributed by atoms with Gasteiger partial charge < -0.3 is 10.8 Å². The number of aromatic carboxylic acids is 1. The third kappa shape index (κ3) is 2.70. The summed E-state index contributed by atoms with van der Waals surface area (Å²) in [5.41, 5.74) is 5.38. The SMILES string of the molecule is Nc1cc(-c2ccc(C(F)(F)F)cc2)sc1C(=O)O. The Morgan fingerprint density at radius 1 is 1.21 bits per heavy atom. The van der Waals surface area contributed by atoms with Crippen molar-refractivity contribution in [3.63, 3.8) is 0 Å². The normalized spacial score (nSPS) is 11.5. The summed E-state index contributed by atoms with van der Waals surface area (Å²) in [5, 5.41) is 8.86. The predicted octanol–water partition coefficient (Wildman–Crippen LogP) is 3.71. The average molecular weight is 287 g/mol. The van der Waals surface area contributed by atoms with Crippen LogP contribution >= 0.6 is 11.3 Å². The molecular formula is C12H8F3NO2S. The average Bonchev–Trinajstić information content (AvgIpc) is 2.70. The number of carbonyl (C=O) groups is 1. The number of rotatable bonds is 2. The quantitative estimate of drug-likeness (QED) is 0.885. The van der Waals surface area contributed by atoms with Gasteiger partial charge in [-0.15, -0.1) is 11.3 Å². The summed E-state index contributed by atoms with van der Waals surface area (Å²) in [7, 11) is 0. The summed E-state index contributed by atoms with van der Waals surface area (Å²) in [6.07, 6.45) is -4.39. The van der Waals surface area contributed by atoms with E-state index in [1.165, 1.54) is 18.2 Å². The molecule has 0 spiro atoms. The van der Waals surface area contributed by atoms with Crippen molar-refractivity contribution in [3.8, 4) is 10.4 Å². The third-order valence-electron chi connectivity index (χ3n) is 2.45. The fraction of sp³-hybridized carbons (Fsp3) is 0.0833. The van der Waals surface area contributed by atoms with Gasteiger partial charge in [-0.2, -0.15) is 13.2 Å². The van der Waals surface area contributed by atoms with E-state index in [9.17, 15) is 18.0 Å². The first kappa shape index (κ1) is 13.4. The summed E-state index contributed by atoms with van der Waals surface area (Å²) < 4.78 is 37.2. The molecule has 0 saturated carbocycles. The Kier molecular flexibility index (Phi) is 3.23. The highest BCUT2D eigenvalue weighted by Gasteiger charge is 2.30. The molecule has 0 bridgehead atoms. The van der Waals surface area contributed by atoms with Crippen LogP contribution in [0.3, 0.4) is 0 Å². The van der Waals surface area contributed by atoms with Crippen molar-refractivity contribution in [2.45, 2.75) is 6.18 Å². The number of halogens is 3. The molecular weight excluding hydrogens is 279 g/mol. The van der Waals surface area contributed by atoms with Gasteiger partial charge in [0, 0.05) is 4.88 Å². The van der Waals surface area contributed by atoms with Gasteiger partial charge in [0.25, 0.3) is 0 Å². The van der Waals surface area contributed by atoms with Gasteiger partial charge in [0.15, 0.2) is 0 Å². The first-order valence-corrected chi connectivity index (χ1v) is 5.91. The highest BCUT2D eigenvalue weighted by atomic mass is 32.1. The first-order chi connectivity index (χ1) is 8.79. The molecule has 0 aliphatic rings. The molecule has 1 aromatic carbocycles. The Morgan fingerprint density at radius 3 is 2.21 bits per heavy atom. The maximum Gasteiger partial charge on any atom is 0.416 e. The lowest BCUT2D eigenvalue weighted by molar-refractivity contribution is -0.137. The number of alkyl halides is 3. The predicted molar refractivity (Wildman–Crippen MR) is 66.1 cm³/mol. The molecule has 2 rings (SSSR count). The van der Waals surface area contributed by atoms with Crippen LogP contribution in [0.1, 0.15) is 15.2 Å². The Morgan fingerprint density at radius 2 is 1.79 bits per heavy atom. The van der Waals surface area contributed by atoms with Gasteiger partial charge in [0.1, 0.15) is 4.88 Å². The van der Waals surface area contributed by atoms with Crippen LogP contribution < -0.4 is 5.73 Å². The number of nitrogen functional groups attached to an aromatic ring is 1. The lowest BCUT2D eigenvalue weighted by Crippen LogP contribution is -2.03. The van der Waals surface area contributed by atoms with E-state index in [4.69, 9.17) is 10.8 Å². The molecule has 1 heterocycles. The zero-order chi connectivity index (χ0) is 14.2. The highest BCUT2D eigenvalue weighted by molar-refractivity contribution is 7.17. The lowest BCUT2D eigenvalue weighted by atomic mass is 10.1. The zero-order valence-electron chi connectivity index (χ0n) is 9.36. The van der Waals surface area contributed by atoms with Crippen molar-refractivity contribution in [2.24, 2.45) is 0 Å². The molecule has 1 aromatic heterocycles. The summed E-state index contributed by atoms with van der Waals surface area (Å²) in [6.45, 7) is 0. The van der Waals surface area contributed by atoms with Crippen LogP contribution in [0, 0.1) is 0 Å². The van der Waals surface area contributed by atoms with E-state index in [2.05, 4.69) is 0 Å². The second kappa shape index (κ2) is 4.58. The molecule has 19 heavy (non-hydrogen) atoms. The van der Waals surface area contributed by atoms with Crippen LogP contribution in [0.4, 0.5) is 18.9 Å². The van der Waals surface area contributed by atoms with Gasteiger partial charge in [0.05, 0.1) is 11.3 Å². The number of hydrogen-bond acceptors (Lipinski definition) is 3. The van der Waals surface area contributed by atoms with Crippen LogP contribution in [-0.4, -0.2) is 11.1 Å². The summed E-state index contributed by atoms with van der Waals surface area (Å²) >= 11 is 0.928. The zero-order valence-corrected chi connectivity index (χ0v) is 10.2. The van der Waals surface area contributed by atoms with Crippen LogP contribution in [-0.2, 0) is 6.18 Å². The van der Waals surface area contributed by atoms with Gasteiger partial charge in [0.2, 0.25) is 0 Å². The topological polar surface area (TPSA) is 63.3 Å². The molecule has 0 amide bonds. The number of anilines is 1. The Bertz CT molecular complexity index is 617. The number of benzene rings is 1. The molecule has 100 valence electrons. The third-order valence-corrected chi connectivity index (χ3v) is 3.64. The molecule has 3 nitrogen and oxygen atoms in total. The number of thiophene rings is 1. The Hall–Kier alpha value is -2.02. The molecule has 0 fully saturated rings. The monoisotopic (exact) mass is 287 g/mol. The van der Waals surface area contributed by atoms with Gasteiger partial charge in [-0.25, -0.2) is 4.79 Å². The van der Waals surface area contributed by atoms with Crippen molar-refractivity contribution in [1.29, 1.82) is 0 Å². The fourth-order valence-corrected chi connectivity index (χ4v) is 2.46. The van der Waals surface area contributed by atoms with Crippen LogP contribution in [0.25, 0.3) is 10.4 Å². The minimum absolute atomic E-state index is 0.0186. The molecule has 0 aliphatic heterocycles. The largest absolute Gasteiger partial charge is 0.477 e. The minimum Gasteiger partial charge on any atom is -0.477 e. The van der Waals surface area contributed by atoms with Crippen LogP contribution in [0.2, 0.25) is 0 Å². The van der Waals surface area contributed by atoms with Gasteiger partial charge in [-0.05, 0) is 23.8 Å². The van der Waals surface area contributed by atoms with Gasteiger partial charge >= 0.3 is 12.1 Å². The standard InChI is InChI=1S/C12H8F3NO2S/c13-12(14,15)7-3-1-6(2-4-7)9-5-8(16)10(19-9)11(17)18/h1-5H,16H2,(H,17,18). The molecule has 7 heteroatoms. The maximum absolute atomic E-state index is 12.4. The molecule has 2 aromatic rings. The summed E-state index contributed by atoms with van der Waals surface area (Å²) in [5.74, 6) is -1.15. The van der Waals surface area contributed by atoms with Crippen molar-refractivity contribution in [2.75, 3.05) is 5.73 Å². The van der Waals surface area contributed by atoms with E-state index >= 15 is 0 Å². The highest BCUT2D eigenvalue weighted by Crippen LogP contribution is 2.35. The van der Waals surface area contributed by atoms with E-state index in [1.54, 1.807) is 0 Å². The van der Waals surface area contributed by atoms with E-state index in [0.717, 1.165) is 23.5 Å². The van der Waals surface area contributed by atoms with Gasteiger partial charge in [-0.1, -0.05) is 12.1 Å². The Balaban J connectivity index is 2.38. The van der Waals surface area contributed by atoms with Crippen LogP contribution in [0.5, 0.6) is 0 Å². The maximum atomic E-state index is 12.4. The second-order valence-corrected chi connectivity index (χ2v) is 4.83. The number of nitrogens with two attached hydrogens (primary N) is 1. The van der Waals surface area contributed by atoms with Crippen LogP contribution in [0.15, 0.2) is 30.3 Å². The minimum atomic E-state index is -4.39. The smallest absolute Gasteiger partial charge is 0.416 e. The van der Waals surface area contributed by atoms with E-state index < -0.39 is 17.7 Å². The van der Waals surface area contributed by atoms with Crippen molar-refractivity contribution in [3.05, 3.63) is 40.8 Å². The fourth-order valence-electron chi connectivity index (χ4n) is 1.54. The van der Waals surface area contributed by atoms with Crippen molar-refractivity contribution >= 4 is 23.0 Å². The van der Waals surface area contributed by atoms with E-state index in [1.807, 2.05) is 0 Å². The van der Waals surface area contributed by atoms with Crippen molar-refractivity contribution < 1.29 is 23.1 Å². The van der Waals surface area contributed by atoms with E-state index in [-0.39, 0.29) is 10.6 Å². The molecule has 0 saturated heterocycles. The van der Waals surface area contributed by atoms with Crippen molar-refractivity contribution in [1.82, 2.24) is 0 Å². The van der Waals surface area contributed by atoms with E-state index in [0.29, 0.717) is 10.4 Å². The Labute approximate surface area is 110 Å². The molecule has 0 atom stereocenters. The van der Waals surface area contributed by atoms with Gasteiger partial charge in [-0.3, -0.25) is 0 Å². The lowest BCUT2D eigenvalue weighted by Gasteiger charge is -2.06. The number of carboxylic acid groups (broad SMARTS) is 1. The molecule has 0 unspecified atom stereocenters. The number of hydrogen-bond donors (Lipinski definition) is 2. The first-order valence-electron chi connectivity index (χ1n) is 5.09. The number of carboxylic acids is 1. The molecule has 0 radical (unpaired) electrons.